The number of nitrogens with one attached hydrogen (secondary N) is 1. The van der Waals surface area contributed by atoms with Gasteiger partial charge in [-0.1, -0.05) is 19.1 Å². The van der Waals surface area contributed by atoms with Crippen molar-refractivity contribution in [1.29, 1.82) is 0 Å². The molecule has 0 radical (unpaired) electrons. The van der Waals surface area contributed by atoms with Crippen LogP contribution in [0.3, 0.4) is 0 Å². The predicted molar refractivity (Wildman–Crippen MR) is 105 cm³/mol. The van der Waals surface area contributed by atoms with E-state index in [1.54, 1.807) is 6.07 Å². The van der Waals surface area contributed by atoms with Crippen LogP contribution in [0.2, 0.25) is 0 Å². The molecule has 1 saturated carbocycles. The molecule has 0 unspecified atom stereocenters. The molecule has 2 saturated heterocycles. The molecule has 0 amide bonds. The number of nitrogens with zero attached hydrogens (tertiary/aromatic N) is 3. The van der Waals surface area contributed by atoms with Crippen LogP contribution in [-0.2, 0) is 11.2 Å². The zero-order valence-corrected chi connectivity index (χ0v) is 16.0. The highest BCUT2D eigenvalue weighted by molar-refractivity contribution is 5.47. The average molecular weight is 384 g/mol. The lowest BCUT2D eigenvalue weighted by Gasteiger charge is -2.31. The van der Waals surface area contributed by atoms with Crippen LogP contribution < -0.4 is 15.4 Å². The Morgan fingerprint density at radius 2 is 2.00 bits per heavy atom. The van der Waals surface area contributed by atoms with Crippen molar-refractivity contribution in [2.45, 2.75) is 19.4 Å². The third-order valence-corrected chi connectivity index (χ3v) is 6.57. The molecule has 3 fully saturated rings. The van der Waals surface area contributed by atoms with Gasteiger partial charge in [-0.3, -0.25) is 9.78 Å². The monoisotopic (exact) mass is 384 g/mol. The molecule has 28 heavy (non-hydrogen) atoms. The van der Waals surface area contributed by atoms with Gasteiger partial charge in [0.1, 0.15) is 11.6 Å². The second-order valence-electron chi connectivity index (χ2n) is 8.18. The van der Waals surface area contributed by atoms with Crippen LogP contribution in [0.1, 0.15) is 12.5 Å². The Labute approximate surface area is 163 Å². The van der Waals surface area contributed by atoms with Gasteiger partial charge >= 0.3 is 0 Å². The van der Waals surface area contributed by atoms with Crippen molar-refractivity contribution in [3.05, 3.63) is 52.1 Å². The van der Waals surface area contributed by atoms with Crippen LogP contribution in [-0.4, -0.2) is 48.9 Å². The standard InChI is InChI=1S/C21H25FN4O2/c1-13-16-12-26(17(20(13)16)10-14-2-4-15(22)5-3-14)21-23-18(11-19(27)24-21)25-6-8-28-9-7-25/h2-5,11,13,16-17,20H,6-10,12H2,1H3,(H,23,24,27)/t13-,16+,17+,20-/m1/s1. The lowest BCUT2D eigenvalue weighted by Crippen LogP contribution is -2.40. The first-order valence-electron chi connectivity index (χ1n) is 10.1. The van der Waals surface area contributed by atoms with E-state index in [1.807, 2.05) is 12.1 Å². The Bertz CT molecular complexity index is 909. The van der Waals surface area contributed by atoms with Crippen LogP contribution in [0.15, 0.2) is 35.1 Å². The van der Waals surface area contributed by atoms with Crippen LogP contribution in [0, 0.1) is 23.6 Å². The number of aromatic amines is 1. The number of rotatable bonds is 4. The van der Waals surface area contributed by atoms with Crippen molar-refractivity contribution in [2.24, 2.45) is 17.8 Å². The molecule has 3 aliphatic rings. The molecule has 1 aromatic heterocycles. The van der Waals surface area contributed by atoms with Crippen LogP contribution in [0.4, 0.5) is 16.2 Å². The lowest BCUT2D eigenvalue weighted by atomic mass is 10.0. The number of morpholine rings is 1. The first kappa shape index (κ1) is 17.7. The van der Waals surface area contributed by atoms with E-state index in [4.69, 9.17) is 9.72 Å². The smallest absolute Gasteiger partial charge is 0.254 e. The van der Waals surface area contributed by atoms with E-state index in [0.29, 0.717) is 36.9 Å². The summed E-state index contributed by atoms with van der Waals surface area (Å²) < 4.78 is 18.7. The molecule has 6 nitrogen and oxygen atoms in total. The molecular weight excluding hydrogens is 359 g/mol. The number of fused-ring (bicyclic) bond motifs is 1. The highest BCUT2D eigenvalue weighted by Gasteiger charge is 2.59. The van der Waals surface area contributed by atoms with Crippen molar-refractivity contribution in [2.75, 3.05) is 42.6 Å². The fraction of sp³-hybridized carbons (Fsp3) is 0.524. The molecule has 148 valence electrons. The highest BCUT2D eigenvalue weighted by atomic mass is 19.1. The zero-order chi connectivity index (χ0) is 19.3. The molecule has 0 bridgehead atoms. The topological polar surface area (TPSA) is 61.5 Å². The van der Waals surface area contributed by atoms with Crippen molar-refractivity contribution < 1.29 is 9.13 Å². The van der Waals surface area contributed by atoms with E-state index >= 15 is 0 Å². The molecular formula is C21H25FN4O2. The van der Waals surface area contributed by atoms with Gasteiger partial charge in [-0.2, -0.15) is 4.98 Å². The minimum atomic E-state index is -0.214. The molecule has 0 spiro atoms. The maximum Gasteiger partial charge on any atom is 0.254 e. The highest BCUT2D eigenvalue weighted by Crippen LogP contribution is 2.56. The molecule has 1 aromatic carbocycles. The van der Waals surface area contributed by atoms with Crippen molar-refractivity contribution in [1.82, 2.24) is 9.97 Å². The number of halogens is 1. The van der Waals surface area contributed by atoms with Gasteiger partial charge in [-0.25, -0.2) is 4.39 Å². The quantitative estimate of drug-likeness (QED) is 0.874. The van der Waals surface area contributed by atoms with Crippen LogP contribution in [0.25, 0.3) is 0 Å². The van der Waals surface area contributed by atoms with E-state index in [-0.39, 0.29) is 17.4 Å². The van der Waals surface area contributed by atoms with Crippen molar-refractivity contribution in [3.63, 3.8) is 0 Å². The summed E-state index contributed by atoms with van der Waals surface area (Å²) in [4.78, 5) is 24.5. The second-order valence-corrected chi connectivity index (χ2v) is 8.18. The van der Waals surface area contributed by atoms with Crippen molar-refractivity contribution in [3.8, 4) is 0 Å². The first-order valence-corrected chi connectivity index (χ1v) is 10.1. The normalized spacial score (nSPS) is 29.1. The van der Waals surface area contributed by atoms with E-state index < -0.39 is 0 Å². The fourth-order valence-corrected chi connectivity index (χ4v) is 4.95. The summed E-state index contributed by atoms with van der Waals surface area (Å²) in [6, 6.07) is 8.59. The van der Waals surface area contributed by atoms with Gasteiger partial charge < -0.3 is 14.5 Å². The number of benzene rings is 1. The predicted octanol–water partition coefficient (Wildman–Crippen LogP) is 2.06. The zero-order valence-electron chi connectivity index (χ0n) is 16.0. The van der Waals surface area contributed by atoms with Gasteiger partial charge in [0.25, 0.3) is 5.56 Å². The summed E-state index contributed by atoms with van der Waals surface area (Å²) in [6.45, 7) is 6.01. The van der Waals surface area contributed by atoms with Gasteiger partial charge in [0.15, 0.2) is 0 Å². The SMILES string of the molecule is C[C@@H]1[C@@H]2CN(c3nc(N4CCOCC4)cc(=O)[nH]3)[C@@H](Cc3ccc(F)cc3)[C@H]12. The van der Waals surface area contributed by atoms with Crippen LogP contribution >= 0.6 is 0 Å². The summed E-state index contributed by atoms with van der Waals surface area (Å²) >= 11 is 0. The summed E-state index contributed by atoms with van der Waals surface area (Å²) in [5.41, 5.74) is 0.989. The minimum absolute atomic E-state index is 0.124. The lowest BCUT2D eigenvalue weighted by molar-refractivity contribution is 0.122. The number of H-pyrrole nitrogens is 1. The third-order valence-electron chi connectivity index (χ3n) is 6.57. The summed E-state index contributed by atoms with van der Waals surface area (Å²) in [6.07, 6.45) is 0.831. The Morgan fingerprint density at radius 3 is 2.75 bits per heavy atom. The van der Waals surface area contributed by atoms with Gasteiger partial charge in [0, 0.05) is 31.7 Å². The number of hydrogen-bond donors (Lipinski definition) is 1. The number of piperidine rings is 1. The summed E-state index contributed by atoms with van der Waals surface area (Å²) in [5.74, 6) is 3.09. The van der Waals surface area contributed by atoms with E-state index in [1.165, 1.54) is 12.1 Å². The molecule has 1 aliphatic carbocycles. The van der Waals surface area contributed by atoms with Crippen LogP contribution in [0.5, 0.6) is 0 Å². The number of anilines is 2. The molecule has 7 heteroatoms. The van der Waals surface area contributed by atoms with E-state index in [0.717, 1.165) is 37.4 Å². The van der Waals surface area contributed by atoms with Crippen molar-refractivity contribution >= 4 is 11.8 Å². The fourth-order valence-electron chi connectivity index (χ4n) is 4.95. The number of hydrogen-bond acceptors (Lipinski definition) is 5. The maximum atomic E-state index is 13.3. The van der Waals surface area contributed by atoms with Gasteiger partial charge in [-0.15, -0.1) is 0 Å². The van der Waals surface area contributed by atoms with Gasteiger partial charge in [0.2, 0.25) is 5.95 Å². The average Bonchev–Trinajstić information content (AvgIpc) is 3.17. The largest absolute Gasteiger partial charge is 0.378 e. The third kappa shape index (κ3) is 3.17. The Kier molecular flexibility index (Phi) is 4.34. The number of aromatic nitrogens is 2. The van der Waals surface area contributed by atoms with Gasteiger partial charge in [-0.05, 0) is 41.9 Å². The Hall–Kier alpha value is -2.41. The molecule has 4 atom stereocenters. The molecule has 1 N–H and O–H groups in total. The van der Waals surface area contributed by atoms with E-state index in [2.05, 4.69) is 21.7 Å². The van der Waals surface area contributed by atoms with Gasteiger partial charge in [0.05, 0.1) is 13.2 Å². The molecule has 5 rings (SSSR count). The minimum Gasteiger partial charge on any atom is -0.378 e. The first-order chi connectivity index (χ1) is 13.6. The molecule has 2 aromatic rings. The second kappa shape index (κ2) is 6.88. The molecule has 2 aliphatic heterocycles. The Morgan fingerprint density at radius 1 is 1.25 bits per heavy atom. The summed E-state index contributed by atoms with van der Waals surface area (Å²) in [7, 11) is 0. The number of ether oxygens (including phenoxy) is 1. The maximum absolute atomic E-state index is 13.3. The van der Waals surface area contributed by atoms with E-state index in [9.17, 15) is 9.18 Å². The molecule has 3 heterocycles. The summed E-state index contributed by atoms with van der Waals surface area (Å²) in [5, 5.41) is 0. The Balaban J connectivity index is 1.43.